The van der Waals surface area contributed by atoms with Gasteiger partial charge in [0.2, 0.25) is 0 Å². The highest BCUT2D eigenvalue weighted by molar-refractivity contribution is 5.96. The van der Waals surface area contributed by atoms with Gasteiger partial charge in [-0.2, -0.15) is 0 Å². The SMILES string of the molecule is COC(=O)c1cc(N(C)CCc2ccccn2)ccc1N. The molecule has 0 saturated carbocycles. The fourth-order valence-electron chi connectivity index (χ4n) is 2.03. The molecular weight excluding hydrogens is 266 g/mol. The number of esters is 1. The number of methoxy groups -OCH3 is 1. The van der Waals surface area contributed by atoms with Crippen LogP contribution in [0.5, 0.6) is 0 Å². The maximum atomic E-state index is 11.7. The number of hydrogen-bond acceptors (Lipinski definition) is 5. The number of carbonyl (C=O) groups excluding carboxylic acids is 1. The van der Waals surface area contributed by atoms with Gasteiger partial charge in [-0.3, -0.25) is 4.98 Å². The molecule has 21 heavy (non-hydrogen) atoms. The second-order valence-electron chi connectivity index (χ2n) is 4.76. The number of nitrogens with two attached hydrogens (primary N) is 1. The molecule has 0 aliphatic carbocycles. The van der Waals surface area contributed by atoms with E-state index in [2.05, 4.69) is 9.88 Å². The van der Waals surface area contributed by atoms with Crippen LogP contribution in [0.1, 0.15) is 16.1 Å². The molecule has 0 amide bonds. The van der Waals surface area contributed by atoms with Gasteiger partial charge in [0.1, 0.15) is 0 Å². The number of anilines is 2. The van der Waals surface area contributed by atoms with Crippen LogP contribution in [0.2, 0.25) is 0 Å². The van der Waals surface area contributed by atoms with E-state index in [0.717, 1.165) is 24.3 Å². The van der Waals surface area contributed by atoms with Crippen molar-refractivity contribution in [2.45, 2.75) is 6.42 Å². The van der Waals surface area contributed by atoms with E-state index < -0.39 is 5.97 Å². The molecule has 0 spiro atoms. The topological polar surface area (TPSA) is 68.5 Å². The van der Waals surface area contributed by atoms with E-state index >= 15 is 0 Å². The lowest BCUT2D eigenvalue weighted by atomic mass is 10.1. The van der Waals surface area contributed by atoms with Crippen molar-refractivity contribution in [1.29, 1.82) is 0 Å². The molecule has 2 aromatic rings. The Labute approximate surface area is 124 Å². The van der Waals surface area contributed by atoms with Gasteiger partial charge in [-0.1, -0.05) is 6.07 Å². The number of nitrogen functional groups attached to an aromatic ring is 1. The zero-order valence-electron chi connectivity index (χ0n) is 12.2. The number of carbonyl (C=O) groups is 1. The molecule has 0 saturated heterocycles. The van der Waals surface area contributed by atoms with Crippen molar-refractivity contribution in [2.24, 2.45) is 0 Å². The highest BCUT2D eigenvalue weighted by Crippen LogP contribution is 2.21. The number of likely N-dealkylation sites (N-methyl/N-ethyl adjacent to an activating group) is 1. The summed E-state index contributed by atoms with van der Waals surface area (Å²) in [5.74, 6) is -0.424. The minimum Gasteiger partial charge on any atom is -0.465 e. The van der Waals surface area contributed by atoms with Crippen LogP contribution < -0.4 is 10.6 Å². The maximum absolute atomic E-state index is 11.7. The number of aromatic nitrogens is 1. The Morgan fingerprint density at radius 1 is 1.33 bits per heavy atom. The van der Waals surface area contributed by atoms with Gasteiger partial charge in [-0.15, -0.1) is 0 Å². The van der Waals surface area contributed by atoms with Gasteiger partial charge >= 0.3 is 5.97 Å². The van der Waals surface area contributed by atoms with Crippen molar-refractivity contribution in [3.8, 4) is 0 Å². The number of ether oxygens (including phenoxy) is 1. The summed E-state index contributed by atoms with van der Waals surface area (Å²) in [4.78, 5) is 18.0. The molecule has 0 aliphatic heterocycles. The summed E-state index contributed by atoms with van der Waals surface area (Å²) in [5.41, 5.74) is 8.56. The van der Waals surface area contributed by atoms with E-state index in [9.17, 15) is 4.79 Å². The van der Waals surface area contributed by atoms with Gasteiger partial charge in [0.25, 0.3) is 0 Å². The molecule has 2 rings (SSSR count). The molecule has 1 heterocycles. The lowest BCUT2D eigenvalue weighted by Gasteiger charge is -2.20. The first-order valence-electron chi connectivity index (χ1n) is 6.70. The summed E-state index contributed by atoms with van der Waals surface area (Å²) < 4.78 is 4.73. The largest absolute Gasteiger partial charge is 0.465 e. The van der Waals surface area contributed by atoms with Crippen molar-refractivity contribution in [3.05, 3.63) is 53.9 Å². The van der Waals surface area contributed by atoms with Crippen LogP contribution in [-0.2, 0) is 11.2 Å². The molecule has 0 bridgehead atoms. The van der Waals surface area contributed by atoms with E-state index in [-0.39, 0.29) is 0 Å². The van der Waals surface area contributed by atoms with Crippen LogP contribution in [0.4, 0.5) is 11.4 Å². The maximum Gasteiger partial charge on any atom is 0.340 e. The quantitative estimate of drug-likeness (QED) is 0.673. The Morgan fingerprint density at radius 3 is 2.81 bits per heavy atom. The Morgan fingerprint density at radius 2 is 2.14 bits per heavy atom. The van der Waals surface area contributed by atoms with Gasteiger partial charge < -0.3 is 15.4 Å². The van der Waals surface area contributed by atoms with Crippen molar-refractivity contribution in [1.82, 2.24) is 4.98 Å². The third-order valence-corrected chi connectivity index (χ3v) is 3.31. The number of benzene rings is 1. The summed E-state index contributed by atoms with van der Waals surface area (Å²) >= 11 is 0. The van der Waals surface area contributed by atoms with Crippen LogP contribution >= 0.6 is 0 Å². The van der Waals surface area contributed by atoms with Crippen LogP contribution in [0.25, 0.3) is 0 Å². The zero-order valence-corrected chi connectivity index (χ0v) is 12.2. The lowest BCUT2D eigenvalue weighted by molar-refractivity contribution is 0.0602. The molecule has 110 valence electrons. The molecule has 1 aromatic heterocycles. The summed E-state index contributed by atoms with van der Waals surface area (Å²) in [6.45, 7) is 0.793. The smallest absolute Gasteiger partial charge is 0.340 e. The highest BCUT2D eigenvalue weighted by Gasteiger charge is 2.12. The molecule has 0 aliphatic rings. The second kappa shape index (κ2) is 6.74. The highest BCUT2D eigenvalue weighted by atomic mass is 16.5. The third-order valence-electron chi connectivity index (χ3n) is 3.31. The number of pyridine rings is 1. The first-order chi connectivity index (χ1) is 10.1. The molecular formula is C16H19N3O2. The fourth-order valence-corrected chi connectivity index (χ4v) is 2.03. The number of hydrogen-bond donors (Lipinski definition) is 1. The first kappa shape index (κ1) is 14.8. The van der Waals surface area contributed by atoms with Crippen LogP contribution in [0, 0.1) is 0 Å². The lowest BCUT2D eigenvalue weighted by Crippen LogP contribution is -2.21. The molecule has 0 radical (unpaired) electrons. The average Bonchev–Trinajstić information content (AvgIpc) is 2.53. The third kappa shape index (κ3) is 3.72. The predicted molar refractivity (Wildman–Crippen MR) is 83.4 cm³/mol. The molecule has 5 heteroatoms. The van der Waals surface area contributed by atoms with Gasteiger partial charge in [0.05, 0.1) is 12.7 Å². The number of rotatable bonds is 5. The predicted octanol–water partition coefficient (Wildman–Crippen LogP) is 2.13. The van der Waals surface area contributed by atoms with Gasteiger partial charge in [0, 0.05) is 43.3 Å². The Bertz CT molecular complexity index is 614. The van der Waals surface area contributed by atoms with Crippen molar-refractivity contribution < 1.29 is 9.53 Å². The Balaban J connectivity index is 2.09. The standard InChI is InChI=1S/C16H19N3O2/c1-19(10-8-12-5-3-4-9-18-12)13-6-7-15(17)14(11-13)16(20)21-2/h3-7,9,11H,8,10,17H2,1-2H3. The van der Waals surface area contributed by atoms with E-state index in [1.54, 1.807) is 18.3 Å². The van der Waals surface area contributed by atoms with Crippen LogP contribution in [0.15, 0.2) is 42.6 Å². The van der Waals surface area contributed by atoms with E-state index in [0.29, 0.717) is 11.3 Å². The molecule has 5 nitrogen and oxygen atoms in total. The minimum absolute atomic E-state index is 0.389. The summed E-state index contributed by atoms with van der Waals surface area (Å²) in [6.07, 6.45) is 2.61. The average molecular weight is 285 g/mol. The van der Waals surface area contributed by atoms with Crippen LogP contribution in [0.3, 0.4) is 0 Å². The summed E-state index contributed by atoms with van der Waals surface area (Å²) in [7, 11) is 3.31. The molecule has 2 N–H and O–H groups in total. The van der Waals surface area contributed by atoms with Crippen molar-refractivity contribution in [3.63, 3.8) is 0 Å². The monoisotopic (exact) mass is 285 g/mol. The number of nitrogens with zero attached hydrogens (tertiary/aromatic N) is 2. The Kier molecular flexibility index (Phi) is 4.77. The van der Waals surface area contributed by atoms with E-state index in [4.69, 9.17) is 10.5 Å². The molecule has 0 atom stereocenters. The van der Waals surface area contributed by atoms with E-state index in [1.165, 1.54) is 7.11 Å². The van der Waals surface area contributed by atoms with Crippen molar-refractivity contribution >= 4 is 17.3 Å². The minimum atomic E-state index is -0.424. The van der Waals surface area contributed by atoms with Gasteiger partial charge in [-0.05, 0) is 30.3 Å². The normalized spacial score (nSPS) is 10.2. The van der Waals surface area contributed by atoms with E-state index in [1.807, 2.05) is 31.3 Å². The molecule has 0 fully saturated rings. The van der Waals surface area contributed by atoms with Crippen LogP contribution in [-0.4, -0.2) is 31.7 Å². The second-order valence-corrected chi connectivity index (χ2v) is 4.76. The zero-order chi connectivity index (χ0) is 15.2. The Hall–Kier alpha value is -2.56. The van der Waals surface area contributed by atoms with Crippen molar-refractivity contribution in [2.75, 3.05) is 31.3 Å². The molecule has 1 aromatic carbocycles. The summed E-state index contributed by atoms with van der Waals surface area (Å²) in [6, 6.07) is 11.2. The summed E-state index contributed by atoms with van der Waals surface area (Å²) in [5, 5.41) is 0. The van der Waals surface area contributed by atoms with Gasteiger partial charge in [-0.25, -0.2) is 4.79 Å². The fraction of sp³-hybridized carbons (Fsp3) is 0.250. The molecule has 0 unspecified atom stereocenters. The first-order valence-corrected chi connectivity index (χ1v) is 6.70. The van der Waals surface area contributed by atoms with Gasteiger partial charge in [0.15, 0.2) is 0 Å².